The smallest absolute Gasteiger partial charge is 0.264 e. The maximum Gasteiger partial charge on any atom is 0.264 e. The van der Waals surface area contributed by atoms with Gasteiger partial charge in [-0.25, -0.2) is 4.99 Å². The first-order valence-corrected chi connectivity index (χ1v) is 10.7. The maximum absolute atomic E-state index is 12.4. The van der Waals surface area contributed by atoms with Gasteiger partial charge in [0.2, 0.25) is 0 Å². The van der Waals surface area contributed by atoms with E-state index in [4.69, 9.17) is 20.5 Å². The summed E-state index contributed by atoms with van der Waals surface area (Å²) >= 11 is 4.65. The van der Waals surface area contributed by atoms with Crippen molar-refractivity contribution >= 4 is 56.4 Å². The second-order valence-electron chi connectivity index (χ2n) is 6.15. The van der Waals surface area contributed by atoms with Crippen LogP contribution in [0.3, 0.4) is 0 Å². The average molecular weight is 501 g/mol. The number of halogens is 1. The number of rotatable bonds is 7. The van der Waals surface area contributed by atoms with Gasteiger partial charge in [-0.05, 0) is 66.7 Å². The number of nitrogens with two attached hydrogens (primary N) is 1. The van der Waals surface area contributed by atoms with E-state index in [0.29, 0.717) is 49.5 Å². The van der Waals surface area contributed by atoms with Crippen molar-refractivity contribution in [2.45, 2.75) is 6.92 Å². The van der Waals surface area contributed by atoms with Gasteiger partial charge in [0, 0.05) is 4.47 Å². The number of nitrogens with zero attached hydrogens (tertiary/aromatic N) is 2. The first-order chi connectivity index (χ1) is 14.9. The van der Waals surface area contributed by atoms with Crippen molar-refractivity contribution in [3.8, 4) is 17.6 Å². The van der Waals surface area contributed by atoms with Crippen LogP contribution in [0.5, 0.6) is 11.5 Å². The summed E-state index contributed by atoms with van der Waals surface area (Å²) in [5.74, 6) is -0.0934. The summed E-state index contributed by atoms with van der Waals surface area (Å²) in [5, 5.41) is 12.0. The lowest BCUT2D eigenvalue weighted by Crippen LogP contribution is -2.20. The van der Waals surface area contributed by atoms with E-state index in [1.165, 1.54) is 11.8 Å². The van der Waals surface area contributed by atoms with Gasteiger partial charge >= 0.3 is 0 Å². The Hall–Kier alpha value is -3.29. The molecule has 1 heterocycles. The van der Waals surface area contributed by atoms with Gasteiger partial charge in [-0.3, -0.25) is 9.59 Å². The average Bonchev–Trinajstić information content (AvgIpc) is 3.08. The third-order valence-electron chi connectivity index (χ3n) is 3.90. The zero-order valence-corrected chi connectivity index (χ0v) is 18.7. The first kappa shape index (κ1) is 22.4. The summed E-state index contributed by atoms with van der Waals surface area (Å²) in [6.07, 6.45) is 1.70. The standard InChI is InChI=1S/C21H17BrN4O4S/c1-2-29-16-7-13(15(22)9-17(16)30-11-19(24)27)8-18-20(28)26-21(31-18)25-14-5-3-12(10-23)4-6-14/h3-9H,2,11H2,1H3,(H2,24,27)(H,25,26,28). The quantitative estimate of drug-likeness (QED) is 0.560. The van der Waals surface area contributed by atoms with Gasteiger partial charge in [0.25, 0.3) is 11.8 Å². The second-order valence-corrected chi connectivity index (χ2v) is 8.03. The van der Waals surface area contributed by atoms with Crippen molar-refractivity contribution < 1.29 is 19.1 Å². The van der Waals surface area contributed by atoms with Crippen molar-refractivity contribution in [3.05, 3.63) is 56.9 Å². The van der Waals surface area contributed by atoms with Gasteiger partial charge in [0.15, 0.2) is 23.3 Å². The molecular formula is C21H17BrN4O4S. The van der Waals surface area contributed by atoms with Crippen LogP contribution in [-0.2, 0) is 9.59 Å². The molecule has 1 saturated heterocycles. The zero-order valence-electron chi connectivity index (χ0n) is 16.3. The molecule has 0 spiro atoms. The number of thioether (sulfide) groups is 1. The van der Waals surface area contributed by atoms with Crippen LogP contribution < -0.4 is 20.5 Å². The predicted molar refractivity (Wildman–Crippen MR) is 122 cm³/mol. The highest BCUT2D eigenvalue weighted by atomic mass is 79.9. The number of aliphatic imine (C=N–C) groups is 1. The molecule has 3 N–H and O–H groups in total. The summed E-state index contributed by atoms with van der Waals surface area (Å²) in [6.45, 7) is 1.94. The number of nitrogens with one attached hydrogen (secondary N) is 1. The van der Waals surface area contributed by atoms with Crippen molar-refractivity contribution in [2.24, 2.45) is 10.7 Å². The highest BCUT2D eigenvalue weighted by Crippen LogP contribution is 2.37. The van der Waals surface area contributed by atoms with Gasteiger partial charge in [-0.2, -0.15) is 5.26 Å². The van der Waals surface area contributed by atoms with E-state index in [-0.39, 0.29) is 12.5 Å². The summed E-state index contributed by atoms with van der Waals surface area (Å²) in [6, 6.07) is 12.1. The first-order valence-electron chi connectivity index (χ1n) is 9.06. The fourth-order valence-corrected chi connectivity index (χ4v) is 3.81. The van der Waals surface area contributed by atoms with E-state index in [9.17, 15) is 9.59 Å². The molecule has 158 valence electrons. The molecule has 0 atom stereocenters. The number of hydrogen-bond acceptors (Lipinski definition) is 7. The van der Waals surface area contributed by atoms with Crippen LogP contribution in [0.25, 0.3) is 6.08 Å². The molecule has 31 heavy (non-hydrogen) atoms. The predicted octanol–water partition coefficient (Wildman–Crippen LogP) is 3.48. The summed E-state index contributed by atoms with van der Waals surface area (Å²) in [7, 11) is 0. The molecule has 2 aromatic carbocycles. The molecular weight excluding hydrogens is 484 g/mol. The minimum Gasteiger partial charge on any atom is -0.490 e. The molecule has 0 aliphatic carbocycles. The molecule has 1 aliphatic rings. The molecule has 0 aromatic heterocycles. The van der Waals surface area contributed by atoms with Crippen LogP contribution in [0.2, 0.25) is 0 Å². The molecule has 0 radical (unpaired) electrons. The Labute approximate surface area is 191 Å². The molecule has 2 amide bonds. The third-order valence-corrected chi connectivity index (χ3v) is 5.49. The molecule has 1 fully saturated rings. The highest BCUT2D eigenvalue weighted by molar-refractivity contribution is 9.10. The number of ether oxygens (including phenoxy) is 2. The SMILES string of the molecule is CCOc1cc(C=C2SC(=Nc3ccc(C#N)cc3)NC2=O)c(Br)cc1OCC(N)=O. The van der Waals surface area contributed by atoms with Crippen LogP contribution in [-0.4, -0.2) is 30.2 Å². The van der Waals surface area contributed by atoms with Crippen LogP contribution in [0, 0.1) is 11.3 Å². The third kappa shape index (κ3) is 5.87. The second kappa shape index (κ2) is 10.1. The topological polar surface area (TPSA) is 127 Å². The number of nitriles is 1. The summed E-state index contributed by atoms with van der Waals surface area (Å²) in [4.78, 5) is 28.3. The number of benzene rings is 2. The Bertz CT molecular complexity index is 1120. The Morgan fingerprint density at radius 1 is 1.29 bits per heavy atom. The fourth-order valence-electron chi connectivity index (χ4n) is 2.54. The van der Waals surface area contributed by atoms with E-state index < -0.39 is 5.91 Å². The van der Waals surface area contributed by atoms with Crippen LogP contribution in [0.1, 0.15) is 18.1 Å². The zero-order chi connectivity index (χ0) is 22.4. The lowest BCUT2D eigenvalue weighted by atomic mass is 10.2. The number of hydrogen-bond donors (Lipinski definition) is 2. The van der Waals surface area contributed by atoms with E-state index in [1.807, 2.05) is 13.0 Å². The van der Waals surface area contributed by atoms with Crippen molar-refractivity contribution in [3.63, 3.8) is 0 Å². The minimum atomic E-state index is -0.599. The Morgan fingerprint density at radius 3 is 2.65 bits per heavy atom. The molecule has 2 aromatic rings. The van der Waals surface area contributed by atoms with Crippen molar-refractivity contribution in [1.29, 1.82) is 5.26 Å². The molecule has 1 aliphatic heterocycles. The van der Waals surface area contributed by atoms with Gasteiger partial charge < -0.3 is 20.5 Å². The Kier molecular flexibility index (Phi) is 7.33. The van der Waals surface area contributed by atoms with E-state index in [2.05, 4.69) is 26.2 Å². The number of amidine groups is 1. The fraction of sp³-hybridized carbons (Fsp3) is 0.143. The molecule has 0 unspecified atom stereocenters. The lowest BCUT2D eigenvalue weighted by molar-refractivity contribution is -0.120. The number of primary amides is 1. The van der Waals surface area contributed by atoms with Gasteiger partial charge in [0.1, 0.15) is 0 Å². The Morgan fingerprint density at radius 2 is 2.00 bits per heavy atom. The van der Waals surface area contributed by atoms with Gasteiger partial charge in [-0.15, -0.1) is 0 Å². The van der Waals surface area contributed by atoms with E-state index in [0.717, 1.165) is 0 Å². The number of carbonyl (C=O) groups excluding carboxylic acids is 2. The Balaban J connectivity index is 1.85. The monoisotopic (exact) mass is 500 g/mol. The van der Waals surface area contributed by atoms with Crippen molar-refractivity contribution in [1.82, 2.24) is 5.32 Å². The minimum absolute atomic E-state index is 0.277. The van der Waals surface area contributed by atoms with Crippen molar-refractivity contribution in [2.75, 3.05) is 13.2 Å². The molecule has 3 rings (SSSR count). The lowest BCUT2D eigenvalue weighted by Gasteiger charge is -2.13. The molecule has 0 saturated carbocycles. The van der Waals surface area contributed by atoms with Gasteiger partial charge in [0.05, 0.1) is 28.8 Å². The summed E-state index contributed by atoms with van der Waals surface area (Å²) < 4.78 is 11.6. The van der Waals surface area contributed by atoms with Gasteiger partial charge in [-0.1, -0.05) is 15.9 Å². The molecule has 0 bridgehead atoms. The number of amides is 2. The number of carbonyl (C=O) groups is 2. The van der Waals surface area contributed by atoms with E-state index in [1.54, 1.807) is 42.5 Å². The highest BCUT2D eigenvalue weighted by Gasteiger charge is 2.24. The van der Waals surface area contributed by atoms with Crippen LogP contribution in [0.4, 0.5) is 5.69 Å². The largest absolute Gasteiger partial charge is 0.490 e. The normalized spacial score (nSPS) is 15.6. The maximum atomic E-state index is 12.4. The summed E-state index contributed by atoms with van der Waals surface area (Å²) in [5.41, 5.74) is 6.98. The van der Waals surface area contributed by atoms with E-state index >= 15 is 0 Å². The molecule has 10 heteroatoms. The van der Waals surface area contributed by atoms with Crippen LogP contribution in [0.15, 0.2) is 50.8 Å². The molecule has 8 nitrogen and oxygen atoms in total. The van der Waals surface area contributed by atoms with Crippen LogP contribution >= 0.6 is 27.7 Å².